The van der Waals surface area contributed by atoms with Crippen molar-refractivity contribution in [1.82, 2.24) is 20.3 Å². The van der Waals surface area contributed by atoms with E-state index >= 15 is 0 Å². The molecule has 11 nitrogen and oxygen atoms in total. The molecule has 3 rings (SSSR count). The molecule has 32 heavy (non-hydrogen) atoms. The van der Waals surface area contributed by atoms with E-state index in [-0.39, 0.29) is 25.5 Å². The summed E-state index contributed by atoms with van der Waals surface area (Å²) in [5.41, 5.74) is 1.86. The molecule has 12 heteroatoms. The van der Waals surface area contributed by atoms with Crippen LogP contribution in [0.2, 0.25) is 0 Å². The fraction of sp³-hybridized carbons (Fsp3) is 0.450. The fourth-order valence-corrected chi connectivity index (χ4v) is 4.11. The number of hydroxylamine groups is 1. The molecule has 4 N–H and O–H groups in total. The first-order valence-electron chi connectivity index (χ1n) is 9.60. The molecule has 1 fully saturated rings. The number of carbonyl (C=O) groups is 3. The molecule has 1 aromatic rings. The number of sulfone groups is 1. The number of aromatic nitrogens is 1. The summed E-state index contributed by atoms with van der Waals surface area (Å²) in [7, 11) is -3.86. The molecule has 2 heterocycles. The molecule has 0 radical (unpaired) electrons. The van der Waals surface area contributed by atoms with Crippen molar-refractivity contribution in [2.75, 3.05) is 12.8 Å². The minimum atomic E-state index is -3.86. The summed E-state index contributed by atoms with van der Waals surface area (Å²) in [4.78, 5) is 36.7. The zero-order chi connectivity index (χ0) is 23.7. The number of rotatable bonds is 6. The Morgan fingerprint density at radius 2 is 2.00 bits per heavy atom. The second kappa shape index (κ2) is 8.22. The summed E-state index contributed by atoms with van der Waals surface area (Å²) in [5.74, 6) is 9.84. The highest BCUT2D eigenvalue weighted by Gasteiger charge is 2.44. The molecule has 2 aliphatic rings. The highest BCUT2D eigenvalue weighted by Crippen LogP contribution is 2.34. The van der Waals surface area contributed by atoms with Gasteiger partial charge in [0, 0.05) is 30.3 Å². The minimum Gasteiger partial charge on any atom is -0.465 e. The number of hydrogen-bond donors (Lipinski definition) is 4. The third-order valence-electron chi connectivity index (χ3n) is 5.66. The largest absolute Gasteiger partial charge is 0.465 e. The average Bonchev–Trinajstić information content (AvgIpc) is 3.23. The minimum absolute atomic E-state index is 0.0113. The van der Waals surface area contributed by atoms with Crippen molar-refractivity contribution in [2.24, 2.45) is 0 Å². The molecule has 170 valence electrons. The third kappa shape index (κ3) is 4.56. The van der Waals surface area contributed by atoms with Gasteiger partial charge in [-0.15, -0.1) is 0 Å². The number of carboxylic acid groups (broad SMARTS) is 1. The van der Waals surface area contributed by atoms with E-state index in [0.717, 1.165) is 6.26 Å². The maximum Gasteiger partial charge on any atom is 0.405 e. The van der Waals surface area contributed by atoms with E-state index in [9.17, 15) is 22.8 Å². The number of nitrogens with zero attached hydrogens (tertiary/aromatic N) is 2. The standard InChI is InChI=1S/C20H22N4O7S/c1-19(16(25)22-29,32(2,30)31)9-10-23-13-15-11-14(12-24(15)18(23)28)5-3-4-6-20(7-8-20)21-17(26)27/h11-12,21,29H,7-10,13H2,1-2H3,(H,22,25)(H,26,27)/t19-/m1/s1. The summed E-state index contributed by atoms with van der Waals surface area (Å²) in [6.45, 7) is 1.39. The number of carbonyl (C=O) groups excluding carboxylic acids is 2. The maximum absolute atomic E-state index is 12.6. The Hall–Kier alpha value is -3.48. The SMILES string of the molecule is C[C@@](CCN1Cc2cc(C#CC#CC3(NC(=O)O)CC3)cn2C1=O)(C(=O)NO)S(C)(=O)=O. The Labute approximate surface area is 184 Å². The summed E-state index contributed by atoms with van der Waals surface area (Å²) in [6, 6.07) is 1.31. The quantitative estimate of drug-likeness (QED) is 0.266. The van der Waals surface area contributed by atoms with Crippen molar-refractivity contribution in [2.45, 2.75) is 43.0 Å². The van der Waals surface area contributed by atoms with Gasteiger partial charge in [0.1, 0.15) is 5.54 Å². The molecule has 0 bridgehead atoms. The third-order valence-corrected chi connectivity index (χ3v) is 7.68. The highest BCUT2D eigenvalue weighted by atomic mass is 32.2. The molecule has 1 atom stereocenters. The van der Waals surface area contributed by atoms with Crippen molar-refractivity contribution in [1.29, 1.82) is 0 Å². The molecule has 0 saturated heterocycles. The van der Waals surface area contributed by atoms with Gasteiger partial charge >= 0.3 is 12.1 Å². The van der Waals surface area contributed by atoms with Gasteiger partial charge in [-0.3, -0.25) is 14.6 Å². The van der Waals surface area contributed by atoms with Crippen molar-refractivity contribution >= 4 is 27.9 Å². The van der Waals surface area contributed by atoms with E-state index in [1.807, 2.05) is 0 Å². The lowest BCUT2D eigenvalue weighted by Crippen LogP contribution is -2.50. The van der Waals surface area contributed by atoms with Crippen LogP contribution in [0.4, 0.5) is 9.59 Å². The van der Waals surface area contributed by atoms with Gasteiger partial charge < -0.3 is 15.3 Å². The average molecular weight is 462 g/mol. The van der Waals surface area contributed by atoms with Crippen LogP contribution < -0.4 is 10.8 Å². The van der Waals surface area contributed by atoms with E-state index in [1.165, 1.54) is 28.1 Å². The summed E-state index contributed by atoms with van der Waals surface area (Å²) >= 11 is 0. The maximum atomic E-state index is 12.6. The van der Waals surface area contributed by atoms with Gasteiger partial charge in [0.05, 0.1) is 6.54 Å². The predicted octanol–water partition coefficient (Wildman–Crippen LogP) is 0.126. The van der Waals surface area contributed by atoms with Crippen LogP contribution in [0.3, 0.4) is 0 Å². The Balaban J connectivity index is 1.65. The Kier molecular flexibility index (Phi) is 5.96. The van der Waals surface area contributed by atoms with Gasteiger partial charge in [0.2, 0.25) is 0 Å². The van der Waals surface area contributed by atoms with E-state index in [1.54, 1.807) is 6.07 Å². The lowest BCUT2D eigenvalue weighted by molar-refractivity contribution is -0.131. The van der Waals surface area contributed by atoms with Crippen LogP contribution in [-0.2, 0) is 21.2 Å². The van der Waals surface area contributed by atoms with E-state index < -0.39 is 32.1 Å². The zero-order valence-electron chi connectivity index (χ0n) is 17.4. The zero-order valence-corrected chi connectivity index (χ0v) is 18.2. The van der Waals surface area contributed by atoms with E-state index in [2.05, 4.69) is 29.0 Å². The molecule has 1 aromatic heterocycles. The molecule has 0 unspecified atom stereocenters. The monoisotopic (exact) mass is 462 g/mol. The molecule has 1 saturated carbocycles. The summed E-state index contributed by atoms with van der Waals surface area (Å²) < 4.78 is 23.6. The summed E-state index contributed by atoms with van der Waals surface area (Å²) in [6.07, 6.45) is 2.38. The van der Waals surface area contributed by atoms with Gasteiger partial charge in [-0.1, -0.05) is 11.8 Å². The number of nitrogens with one attached hydrogen (secondary N) is 2. The lowest BCUT2D eigenvalue weighted by Gasteiger charge is -2.27. The van der Waals surface area contributed by atoms with E-state index in [0.29, 0.717) is 24.1 Å². The van der Waals surface area contributed by atoms with Crippen LogP contribution in [0.25, 0.3) is 0 Å². The Morgan fingerprint density at radius 3 is 2.53 bits per heavy atom. The highest BCUT2D eigenvalue weighted by molar-refractivity contribution is 7.92. The second-order valence-electron chi connectivity index (χ2n) is 8.00. The van der Waals surface area contributed by atoms with Crippen LogP contribution in [0.15, 0.2) is 12.3 Å². The van der Waals surface area contributed by atoms with Crippen molar-refractivity contribution in [3.63, 3.8) is 0 Å². The van der Waals surface area contributed by atoms with Crippen molar-refractivity contribution in [3.8, 4) is 23.7 Å². The van der Waals surface area contributed by atoms with E-state index in [4.69, 9.17) is 10.3 Å². The van der Waals surface area contributed by atoms with Gasteiger partial charge in [-0.2, -0.15) is 0 Å². The van der Waals surface area contributed by atoms with Crippen molar-refractivity contribution < 1.29 is 33.1 Å². The van der Waals surface area contributed by atoms with Gasteiger partial charge in [0.25, 0.3) is 5.91 Å². The molecule has 0 aromatic carbocycles. The predicted molar refractivity (Wildman–Crippen MR) is 111 cm³/mol. The molecular weight excluding hydrogens is 440 g/mol. The molecular formula is C20H22N4O7S. The fourth-order valence-electron chi connectivity index (χ4n) is 3.27. The Bertz CT molecular complexity index is 1210. The second-order valence-corrected chi connectivity index (χ2v) is 10.4. The number of fused-ring (bicyclic) bond motifs is 1. The van der Waals surface area contributed by atoms with Crippen LogP contribution in [0.1, 0.15) is 37.4 Å². The van der Waals surface area contributed by atoms with Gasteiger partial charge in [-0.05, 0) is 44.1 Å². The van der Waals surface area contributed by atoms with Crippen LogP contribution in [0.5, 0.6) is 0 Å². The summed E-state index contributed by atoms with van der Waals surface area (Å²) in [5, 5.41) is 20.0. The smallest absolute Gasteiger partial charge is 0.405 e. The molecule has 1 aliphatic carbocycles. The van der Waals surface area contributed by atoms with Crippen molar-refractivity contribution in [3.05, 3.63) is 23.5 Å². The molecule has 0 spiro atoms. The first-order chi connectivity index (χ1) is 14.9. The first kappa shape index (κ1) is 23.2. The topological polar surface area (TPSA) is 158 Å². The normalized spacial score (nSPS) is 17.7. The molecule has 3 amide bonds. The lowest BCUT2D eigenvalue weighted by atomic mass is 10.1. The van der Waals surface area contributed by atoms with Gasteiger partial charge in [-0.25, -0.2) is 23.5 Å². The van der Waals surface area contributed by atoms with Crippen LogP contribution in [0, 0.1) is 23.7 Å². The first-order valence-corrected chi connectivity index (χ1v) is 11.5. The Morgan fingerprint density at radius 1 is 1.31 bits per heavy atom. The van der Waals surface area contributed by atoms with Gasteiger partial charge in [0.15, 0.2) is 14.6 Å². The van der Waals surface area contributed by atoms with Crippen LogP contribution >= 0.6 is 0 Å². The number of amides is 3. The number of hydrogen-bond acceptors (Lipinski definition) is 6. The van der Waals surface area contributed by atoms with Crippen LogP contribution in [-0.4, -0.2) is 69.3 Å². The molecule has 1 aliphatic heterocycles.